The molecule has 42 heteroatoms. The number of rotatable bonds is 61. The largest absolute Gasteiger partial charge is 0.394 e. The minimum atomic E-state index is -2.42. The van der Waals surface area contributed by atoms with E-state index < -0.39 is 303 Å². The molecule has 7 fully saturated rings. The molecule has 0 aromatic rings. The molecular formula is C90H160N4O38. The number of carbonyl (C=O) groups is 4. The Balaban J connectivity index is 1.09. The molecule has 37 atom stereocenters. The number of allylic oxidation sites excluding steroid dienone is 3. The summed E-state index contributed by atoms with van der Waals surface area (Å²) in [4.78, 5) is 52.3. The van der Waals surface area contributed by atoms with E-state index in [1.807, 2.05) is 6.08 Å². The molecule has 7 saturated heterocycles. The van der Waals surface area contributed by atoms with Crippen molar-refractivity contribution in [3.05, 3.63) is 24.3 Å². The molecule has 7 aliphatic heterocycles. The highest BCUT2D eigenvalue weighted by molar-refractivity contribution is 5.76. The van der Waals surface area contributed by atoms with Gasteiger partial charge in [0.1, 0.15) is 171 Å². The smallest absolute Gasteiger partial charge is 0.220 e. The predicted molar refractivity (Wildman–Crippen MR) is 466 cm³/mol. The topological polar surface area (TPSA) is 650 Å². The Hall–Kier alpha value is -4.00. The molecule has 0 aromatic heterocycles. The molecule has 7 rings (SSSR count). The van der Waals surface area contributed by atoms with Crippen molar-refractivity contribution in [2.45, 2.75) is 467 Å². The quantitative estimate of drug-likeness (QED) is 0.0224. The van der Waals surface area contributed by atoms with Crippen LogP contribution in [0.4, 0.5) is 0 Å². The highest BCUT2D eigenvalue weighted by Crippen LogP contribution is 2.39. The van der Waals surface area contributed by atoms with E-state index in [4.69, 9.17) is 66.3 Å². The first-order valence-electron chi connectivity index (χ1n) is 48.1. The van der Waals surface area contributed by atoms with E-state index >= 15 is 0 Å². The van der Waals surface area contributed by atoms with Crippen LogP contribution < -0.4 is 21.3 Å². The van der Waals surface area contributed by atoms with Gasteiger partial charge < -0.3 is 190 Å². The van der Waals surface area contributed by atoms with Crippen molar-refractivity contribution in [3.8, 4) is 0 Å². The Morgan fingerprint density at radius 2 is 0.629 bits per heavy atom. The zero-order valence-electron chi connectivity index (χ0n) is 77.2. The average molecular weight is 1910 g/mol. The minimum absolute atomic E-state index is 0.116. The monoisotopic (exact) mass is 1910 g/mol. The van der Waals surface area contributed by atoms with Gasteiger partial charge in [-0.25, -0.2) is 0 Å². The second kappa shape index (κ2) is 61.5. The second-order valence-electron chi connectivity index (χ2n) is 36.0. The van der Waals surface area contributed by atoms with Crippen LogP contribution in [-0.2, 0) is 85.5 Å². The molecule has 0 aromatic carbocycles. The number of amides is 4. The highest BCUT2D eigenvalue weighted by atomic mass is 16.8. The number of hydrogen-bond acceptors (Lipinski definition) is 38. The minimum Gasteiger partial charge on any atom is -0.394 e. The Morgan fingerprint density at radius 1 is 0.303 bits per heavy atom. The van der Waals surface area contributed by atoms with E-state index in [0.717, 1.165) is 97.8 Å². The maximum Gasteiger partial charge on any atom is 0.220 e. The molecule has 0 spiro atoms. The molecule has 4 amide bonds. The summed E-state index contributed by atoms with van der Waals surface area (Å²) in [5.74, 6) is -2.93. The van der Waals surface area contributed by atoms with Gasteiger partial charge in [0, 0.05) is 27.2 Å². The molecule has 7 aliphatic rings. The van der Waals surface area contributed by atoms with Crippen LogP contribution in [-0.4, -0.2) is 406 Å². The molecule has 7 heterocycles. The predicted octanol–water partition coefficient (Wildman–Crippen LogP) is -2.34. The Bertz CT molecular complexity index is 3220. The van der Waals surface area contributed by atoms with Crippen LogP contribution in [0.1, 0.15) is 240 Å². The second-order valence-corrected chi connectivity index (χ2v) is 36.0. The van der Waals surface area contributed by atoms with Crippen molar-refractivity contribution in [2.75, 3.05) is 52.9 Å². The normalized spacial score (nSPS) is 36.9. The van der Waals surface area contributed by atoms with Crippen LogP contribution in [0.5, 0.6) is 0 Å². The van der Waals surface area contributed by atoms with Crippen molar-refractivity contribution in [1.29, 1.82) is 0 Å². The lowest BCUT2D eigenvalue weighted by molar-refractivity contribution is -0.392. The number of aliphatic hydroxyl groups excluding tert-OH is 20. The summed E-state index contributed by atoms with van der Waals surface area (Å²) in [5.41, 5.74) is 0. The van der Waals surface area contributed by atoms with Gasteiger partial charge in [-0.05, 0) is 44.9 Å². The number of ether oxygens (including phenoxy) is 14. The van der Waals surface area contributed by atoms with Crippen LogP contribution in [0.2, 0.25) is 0 Å². The number of unbranched alkanes of at least 4 members (excludes halogenated alkanes) is 28. The van der Waals surface area contributed by atoms with Gasteiger partial charge >= 0.3 is 0 Å². The van der Waals surface area contributed by atoms with Gasteiger partial charge in [0.25, 0.3) is 0 Å². The van der Waals surface area contributed by atoms with E-state index in [0.29, 0.717) is 12.8 Å². The highest BCUT2D eigenvalue weighted by Gasteiger charge is 2.59. The molecule has 768 valence electrons. The molecule has 0 aliphatic carbocycles. The van der Waals surface area contributed by atoms with Crippen molar-refractivity contribution in [2.24, 2.45) is 0 Å². The first-order valence-corrected chi connectivity index (χ1v) is 48.1. The van der Waals surface area contributed by atoms with Gasteiger partial charge in [-0.15, -0.1) is 0 Å². The molecular weight excluding hydrogens is 1740 g/mol. The summed E-state index contributed by atoms with van der Waals surface area (Å²) in [6.07, 6.45) is -22.4. The molecule has 14 unspecified atom stereocenters. The van der Waals surface area contributed by atoms with E-state index in [2.05, 4.69) is 47.3 Å². The standard InChI is InChI=1S/C90H160N4O38/c1-6-8-10-12-14-16-18-20-21-22-23-24-25-26-27-29-31-33-35-37-39-41-62(105)94-53(54(104)40-38-36-34-32-30-28-19-17-15-13-11-9-7-2)48-119-87-76(116)74(114)80(60(47-100)126-87)129-90-78(118)83(70(110)61(127-90)49-120-84-64(92-51(4)102)72(112)79(59(46-99)125-84)128-88-75(115)73(113)67(107)56(43-96)123-88)132-89-77(117)82(69(109)58(45-98)124-89)131-86-65(93-52(5)103)81(68(108)57(44-97)122-86)130-85-63(91-50(3)101)71(111)66(106)55(42-95)121-85/h20-21,38,40,53-61,63-90,95-100,104,106-118H,6-19,22-37,39,41-49H2,1-5H3,(H,91,101)(H,92,102)(H,93,103)(H,94,105)/b21-20-,40-38+/t53-,54+,55?,56?,57?,58?,59?,60?,61?,63?,64?,65?,66-,67-,68-,69-,70-,71+,72+,73-,74+,75?,76?,77?,78?,79+,80+,81+,82-,83-,84+,85+,86-,87+,88-,89+,90-/m0/s1. The average Bonchev–Trinajstić information content (AvgIpc) is 0.769. The molecule has 132 heavy (non-hydrogen) atoms. The van der Waals surface area contributed by atoms with Crippen LogP contribution in [0.15, 0.2) is 24.3 Å². The summed E-state index contributed by atoms with van der Waals surface area (Å²) in [7, 11) is 0. The lowest BCUT2D eigenvalue weighted by atomic mass is 9.93. The number of hydrogen-bond donors (Lipinski definition) is 24. The summed E-state index contributed by atoms with van der Waals surface area (Å²) >= 11 is 0. The lowest BCUT2D eigenvalue weighted by Gasteiger charge is -2.51. The molecule has 0 saturated carbocycles. The maximum atomic E-state index is 13.8. The summed E-state index contributed by atoms with van der Waals surface area (Å²) in [5, 5.41) is 236. The first-order chi connectivity index (χ1) is 63.4. The van der Waals surface area contributed by atoms with Crippen molar-refractivity contribution < 1.29 is 188 Å². The summed E-state index contributed by atoms with van der Waals surface area (Å²) < 4.78 is 84.3. The fourth-order valence-electron chi connectivity index (χ4n) is 17.6. The van der Waals surface area contributed by atoms with Gasteiger partial charge in [0.05, 0.1) is 65.0 Å². The van der Waals surface area contributed by atoms with Gasteiger partial charge in [-0.3, -0.25) is 19.2 Å². The molecule has 0 radical (unpaired) electrons. The summed E-state index contributed by atoms with van der Waals surface area (Å²) in [6.45, 7) is -0.195. The third-order valence-electron chi connectivity index (χ3n) is 25.4. The fraction of sp³-hybridized carbons (Fsp3) is 0.911. The van der Waals surface area contributed by atoms with Crippen LogP contribution in [0, 0.1) is 0 Å². The van der Waals surface area contributed by atoms with E-state index in [9.17, 15) is 121 Å². The van der Waals surface area contributed by atoms with Crippen molar-refractivity contribution in [1.82, 2.24) is 21.3 Å². The molecule has 0 bridgehead atoms. The Kier molecular flexibility index (Phi) is 53.6. The number of nitrogens with one attached hydrogen (secondary N) is 4. The fourth-order valence-corrected chi connectivity index (χ4v) is 17.6. The van der Waals surface area contributed by atoms with E-state index in [1.54, 1.807) is 6.08 Å². The summed E-state index contributed by atoms with van der Waals surface area (Å²) in [6, 6.07) is -6.42. The van der Waals surface area contributed by atoms with Gasteiger partial charge in [0.2, 0.25) is 23.6 Å². The Morgan fingerprint density at radius 3 is 1.09 bits per heavy atom. The molecule has 42 nitrogen and oxygen atoms in total. The SMILES string of the molecule is CCCCCCCC/C=C\CCCCCCCCCCCCCC(=O)N[C@@H](CO[C@@H]1OC(CO)[C@@H](O[C@@H]2OC(CO[C@@H]3OC(CO)[C@@H](O[C@@H]4OC(CO)[C@H](O)[C@H](O)C4O)[C@H](O)C3NC(C)=O)[C@H](O)[C@H](O[C@H]3OC(CO)[C@H](O)[C@H](O[C@@H]4OC(CO)[C@H](O)[C@H](O[C@H]5OC(CO)[C@H](O)[C@H](O)C5NC(C)=O)C4NC(C)=O)C3O)C2O)[C@H](O)C1O)[C@H](O)/C=C/CCCCCCCCCCCCC. The Labute approximate surface area is 773 Å². The first kappa shape index (κ1) is 115. The van der Waals surface area contributed by atoms with E-state index in [1.165, 1.54) is 109 Å². The third kappa shape index (κ3) is 35.3. The van der Waals surface area contributed by atoms with Crippen LogP contribution in [0.3, 0.4) is 0 Å². The zero-order chi connectivity index (χ0) is 96.5. The maximum absolute atomic E-state index is 13.8. The number of carbonyl (C=O) groups excluding carboxylic acids is 4. The van der Waals surface area contributed by atoms with E-state index in [-0.39, 0.29) is 6.42 Å². The lowest BCUT2D eigenvalue weighted by Crippen LogP contribution is -2.71. The van der Waals surface area contributed by atoms with Gasteiger partial charge in [0.15, 0.2) is 44.0 Å². The van der Waals surface area contributed by atoms with Crippen LogP contribution in [0.25, 0.3) is 0 Å². The number of aliphatic hydroxyl groups is 20. The van der Waals surface area contributed by atoms with Crippen molar-refractivity contribution in [3.63, 3.8) is 0 Å². The molecule has 24 N–H and O–H groups in total. The van der Waals surface area contributed by atoms with Gasteiger partial charge in [-0.1, -0.05) is 192 Å². The zero-order valence-corrected chi connectivity index (χ0v) is 77.2. The van der Waals surface area contributed by atoms with Crippen LogP contribution >= 0.6 is 0 Å². The van der Waals surface area contributed by atoms with Crippen molar-refractivity contribution >= 4 is 23.6 Å². The van der Waals surface area contributed by atoms with Gasteiger partial charge in [-0.2, -0.15) is 0 Å². The third-order valence-corrected chi connectivity index (χ3v) is 25.4.